The average molecular weight is 278 g/mol. The summed E-state index contributed by atoms with van der Waals surface area (Å²) in [5.41, 5.74) is 6.66. The molecule has 6 heteroatoms. The van der Waals surface area contributed by atoms with Gasteiger partial charge in [-0.2, -0.15) is 0 Å². The molecule has 0 unspecified atom stereocenters. The predicted octanol–water partition coefficient (Wildman–Crippen LogP) is 2.58. The van der Waals surface area contributed by atoms with Gasteiger partial charge in [-0.1, -0.05) is 11.6 Å². The van der Waals surface area contributed by atoms with Gasteiger partial charge in [0.1, 0.15) is 11.6 Å². The maximum atomic E-state index is 12.0. The molecule has 0 saturated heterocycles. The number of nitrogens with zero attached hydrogens (tertiary/aromatic N) is 1. The van der Waals surface area contributed by atoms with Crippen LogP contribution in [0.2, 0.25) is 5.02 Å². The lowest BCUT2D eigenvalue weighted by molar-refractivity contribution is 0.102. The van der Waals surface area contributed by atoms with E-state index in [1.54, 1.807) is 25.1 Å². The van der Waals surface area contributed by atoms with Crippen LogP contribution in [0.4, 0.5) is 11.5 Å². The molecule has 1 heterocycles. The highest BCUT2D eigenvalue weighted by molar-refractivity contribution is 6.30. The Hall–Kier alpha value is -2.27. The zero-order chi connectivity index (χ0) is 14.0. The molecule has 0 atom stereocenters. The van der Waals surface area contributed by atoms with E-state index in [1.165, 1.54) is 12.3 Å². The van der Waals surface area contributed by atoms with Crippen LogP contribution in [0.15, 0.2) is 30.5 Å². The smallest absolute Gasteiger partial charge is 0.259 e. The Kier molecular flexibility index (Phi) is 3.57. The lowest BCUT2D eigenvalue weighted by Crippen LogP contribution is -2.15. The normalized spacial score (nSPS) is 10.2. The number of halogens is 1. The van der Waals surface area contributed by atoms with Crippen molar-refractivity contribution >= 4 is 29.0 Å². The summed E-state index contributed by atoms with van der Waals surface area (Å²) in [6.07, 6.45) is 1.42. The highest BCUT2D eigenvalue weighted by atomic mass is 35.5. The number of phenols is 1. The van der Waals surface area contributed by atoms with Gasteiger partial charge in [0.25, 0.3) is 5.91 Å². The van der Waals surface area contributed by atoms with Gasteiger partial charge >= 0.3 is 0 Å². The minimum Gasteiger partial charge on any atom is -0.506 e. The first-order valence-corrected chi connectivity index (χ1v) is 5.87. The maximum absolute atomic E-state index is 12.0. The number of nitrogen functional groups attached to an aromatic ring is 1. The second-order valence-corrected chi connectivity index (χ2v) is 4.50. The number of nitrogens with one attached hydrogen (secondary N) is 1. The van der Waals surface area contributed by atoms with E-state index in [9.17, 15) is 9.90 Å². The van der Waals surface area contributed by atoms with E-state index in [-0.39, 0.29) is 17.0 Å². The molecule has 2 aromatic rings. The first-order valence-electron chi connectivity index (χ1n) is 5.49. The second-order valence-electron chi connectivity index (χ2n) is 4.06. The number of rotatable bonds is 2. The van der Waals surface area contributed by atoms with Crippen molar-refractivity contribution in [1.29, 1.82) is 0 Å². The first-order chi connectivity index (χ1) is 8.97. The summed E-state index contributed by atoms with van der Waals surface area (Å²) in [4.78, 5) is 16.0. The summed E-state index contributed by atoms with van der Waals surface area (Å²) in [5.74, 6) is -0.199. The van der Waals surface area contributed by atoms with Crippen LogP contribution in [-0.4, -0.2) is 16.0 Å². The number of amides is 1. The molecule has 0 saturated carbocycles. The number of pyridine rings is 1. The zero-order valence-electron chi connectivity index (χ0n) is 10.1. The third-order valence-electron chi connectivity index (χ3n) is 2.52. The number of aromatic hydroxyl groups is 1. The Bertz CT molecular complexity index is 627. The number of hydrogen-bond acceptors (Lipinski definition) is 4. The van der Waals surface area contributed by atoms with Gasteiger partial charge in [-0.25, -0.2) is 4.98 Å². The van der Waals surface area contributed by atoms with Crippen molar-refractivity contribution in [1.82, 2.24) is 4.98 Å². The standard InChI is InChI=1S/C13H12ClN3O2/c1-7-4-9(12(15)10(18)5-7)13(19)17-11-3-2-8(14)6-16-11/h2-6,18H,15H2,1H3,(H,16,17,19). The highest BCUT2D eigenvalue weighted by Gasteiger charge is 2.14. The fourth-order valence-electron chi connectivity index (χ4n) is 1.60. The Morgan fingerprint density at radius 2 is 2.16 bits per heavy atom. The maximum Gasteiger partial charge on any atom is 0.259 e. The first kappa shape index (κ1) is 13.2. The summed E-state index contributed by atoms with van der Waals surface area (Å²) in [7, 11) is 0. The molecule has 4 N–H and O–H groups in total. The topological polar surface area (TPSA) is 88.2 Å². The summed E-state index contributed by atoms with van der Waals surface area (Å²) < 4.78 is 0. The monoisotopic (exact) mass is 277 g/mol. The van der Waals surface area contributed by atoms with Crippen molar-refractivity contribution in [3.63, 3.8) is 0 Å². The van der Waals surface area contributed by atoms with Crippen LogP contribution in [0, 0.1) is 6.92 Å². The van der Waals surface area contributed by atoms with E-state index < -0.39 is 5.91 Å². The van der Waals surface area contributed by atoms with Gasteiger partial charge < -0.3 is 16.2 Å². The number of anilines is 2. The number of benzene rings is 1. The molecule has 1 aromatic carbocycles. The molecule has 5 nitrogen and oxygen atoms in total. The van der Waals surface area contributed by atoms with Crippen LogP contribution in [0.3, 0.4) is 0 Å². The van der Waals surface area contributed by atoms with Gasteiger partial charge in [-0.05, 0) is 36.8 Å². The van der Waals surface area contributed by atoms with E-state index in [0.29, 0.717) is 10.8 Å². The number of aryl methyl sites for hydroxylation is 1. The van der Waals surface area contributed by atoms with E-state index in [4.69, 9.17) is 17.3 Å². The molecular formula is C13H12ClN3O2. The predicted molar refractivity (Wildman–Crippen MR) is 74.5 cm³/mol. The SMILES string of the molecule is Cc1cc(O)c(N)c(C(=O)Nc2ccc(Cl)cn2)c1. The lowest BCUT2D eigenvalue weighted by atomic mass is 10.1. The summed E-state index contributed by atoms with van der Waals surface area (Å²) >= 11 is 5.70. The molecule has 1 amide bonds. The molecule has 0 aliphatic heterocycles. The number of carbonyl (C=O) groups excluding carboxylic acids is 1. The van der Waals surface area contributed by atoms with Gasteiger partial charge in [0.15, 0.2) is 0 Å². The number of phenolic OH excluding ortho intramolecular Hbond substituents is 1. The molecule has 0 spiro atoms. The molecule has 1 aromatic heterocycles. The van der Waals surface area contributed by atoms with Crippen LogP contribution in [-0.2, 0) is 0 Å². The van der Waals surface area contributed by atoms with Gasteiger partial charge in [0.05, 0.1) is 16.3 Å². The number of hydrogen-bond donors (Lipinski definition) is 3. The molecule has 0 aliphatic rings. The molecular weight excluding hydrogens is 266 g/mol. The van der Waals surface area contributed by atoms with Crippen LogP contribution >= 0.6 is 11.6 Å². The molecule has 0 bridgehead atoms. The minimum atomic E-state index is -0.439. The van der Waals surface area contributed by atoms with Crippen molar-refractivity contribution in [2.45, 2.75) is 6.92 Å². The Morgan fingerprint density at radius 3 is 2.79 bits per heavy atom. The quantitative estimate of drug-likeness (QED) is 0.581. The lowest BCUT2D eigenvalue weighted by Gasteiger charge is -2.09. The number of aromatic nitrogens is 1. The Balaban J connectivity index is 2.27. The molecule has 2 rings (SSSR count). The van der Waals surface area contributed by atoms with Crippen LogP contribution in [0.1, 0.15) is 15.9 Å². The summed E-state index contributed by atoms with van der Waals surface area (Å²) in [6.45, 7) is 1.76. The Morgan fingerprint density at radius 1 is 1.42 bits per heavy atom. The molecule has 0 fully saturated rings. The van der Waals surface area contributed by atoms with Crippen molar-refractivity contribution in [2.75, 3.05) is 11.1 Å². The zero-order valence-corrected chi connectivity index (χ0v) is 10.9. The van der Waals surface area contributed by atoms with Crippen LogP contribution in [0.5, 0.6) is 5.75 Å². The second kappa shape index (κ2) is 5.16. The third kappa shape index (κ3) is 2.95. The van der Waals surface area contributed by atoms with E-state index in [2.05, 4.69) is 10.3 Å². The fourth-order valence-corrected chi connectivity index (χ4v) is 1.71. The molecule has 0 radical (unpaired) electrons. The largest absolute Gasteiger partial charge is 0.506 e. The fraction of sp³-hybridized carbons (Fsp3) is 0.0769. The highest BCUT2D eigenvalue weighted by Crippen LogP contribution is 2.26. The minimum absolute atomic E-state index is 0.0389. The van der Waals surface area contributed by atoms with Gasteiger partial charge in [-0.3, -0.25) is 4.79 Å². The molecule has 98 valence electrons. The number of nitrogens with two attached hydrogens (primary N) is 1. The Labute approximate surface area is 115 Å². The van der Waals surface area contributed by atoms with Crippen molar-refractivity contribution in [2.24, 2.45) is 0 Å². The van der Waals surface area contributed by atoms with E-state index in [1.807, 2.05) is 0 Å². The van der Waals surface area contributed by atoms with Gasteiger partial charge in [-0.15, -0.1) is 0 Å². The van der Waals surface area contributed by atoms with Crippen LogP contribution in [0.25, 0.3) is 0 Å². The van der Waals surface area contributed by atoms with Crippen molar-refractivity contribution in [3.05, 3.63) is 46.6 Å². The molecule has 0 aliphatic carbocycles. The van der Waals surface area contributed by atoms with E-state index in [0.717, 1.165) is 5.56 Å². The van der Waals surface area contributed by atoms with Crippen molar-refractivity contribution in [3.8, 4) is 5.75 Å². The average Bonchev–Trinajstić information content (AvgIpc) is 2.36. The van der Waals surface area contributed by atoms with Crippen LogP contribution < -0.4 is 11.1 Å². The van der Waals surface area contributed by atoms with E-state index >= 15 is 0 Å². The summed E-state index contributed by atoms with van der Waals surface area (Å²) in [6, 6.07) is 6.28. The van der Waals surface area contributed by atoms with Gasteiger partial charge in [0.2, 0.25) is 0 Å². The summed E-state index contributed by atoms with van der Waals surface area (Å²) in [5, 5.41) is 12.7. The molecule has 19 heavy (non-hydrogen) atoms. The van der Waals surface area contributed by atoms with Gasteiger partial charge in [0, 0.05) is 6.20 Å². The number of carbonyl (C=O) groups is 1. The van der Waals surface area contributed by atoms with Crippen molar-refractivity contribution < 1.29 is 9.90 Å². The third-order valence-corrected chi connectivity index (χ3v) is 2.74.